The summed E-state index contributed by atoms with van der Waals surface area (Å²) in [7, 11) is 1.51. The smallest absolute Gasteiger partial charge is 0.136 e. The van der Waals surface area contributed by atoms with Crippen molar-refractivity contribution >= 4 is 0 Å². The zero-order valence-electron chi connectivity index (χ0n) is 12.0. The van der Waals surface area contributed by atoms with Crippen LogP contribution in [0.25, 0.3) is 11.3 Å². The Morgan fingerprint density at radius 2 is 2.20 bits per heavy atom. The van der Waals surface area contributed by atoms with Gasteiger partial charge in [0, 0.05) is 0 Å². The Morgan fingerprint density at radius 3 is 2.85 bits per heavy atom. The second kappa shape index (κ2) is 6.05. The van der Waals surface area contributed by atoms with Crippen molar-refractivity contribution in [1.82, 2.24) is 9.97 Å². The molecule has 0 aliphatic rings. The van der Waals surface area contributed by atoms with E-state index in [1.54, 1.807) is 18.3 Å². The van der Waals surface area contributed by atoms with Crippen molar-refractivity contribution in [2.75, 3.05) is 7.11 Å². The van der Waals surface area contributed by atoms with E-state index < -0.39 is 0 Å². The first-order chi connectivity index (χ1) is 9.58. The number of hydrogen-bond acceptors (Lipinski definition) is 3. The van der Waals surface area contributed by atoms with E-state index in [-0.39, 0.29) is 11.9 Å². The first kappa shape index (κ1) is 14.5. The van der Waals surface area contributed by atoms with Crippen LogP contribution in [-0.2, 0) is 0 Å². The fourth-order valence-corrected chi connectivity index (χ4v) is 2.09. The van der Waals surface area contributed by atoms with E-state index in [4.69, 9.17) is 10.5 Å². The topological polar surface area (TPSA) is 63.9 Å². The minimum atomic E-state index is -0.350. The third-order valence-corrected chi connectivity index (χ3v) is 3.63. The maximum atomic E-state index is 14.0. The highest BCUT2D eigenvalue weighted by Gasteiger charge is 2.19. The van der Waals surface area contributed by atoms with Gasteiger partial charge < -0.3 is 15.5 Å². The van der Waals surface area contributed by atoms with Crippen molar-refractivity contribution in [3.05, 3.63) is 36.0 Å². The molecule has 1 aromatic carbocycles. The predicted octanol–water partition coefficient (Wildman–Crippen LogP) is 3.27. The van der Waals surface area contributed by atoms with E-state index in [2.05, 4.69) is 23.8 Å². The highest BCUT2D eigenvalue weighted by atomic mass is 19.1. The van der Waals surface area contributed by atoms with Crippen molar-refractivity contribution in [2.24, 2.45) is 11.7 Å². The SMILES string of the molecule is CCC(C)C(N)c1ncc(-c2c(F)cccc2OC)[nH]1. The van der Waals surface area contributed by atoms with Crippen LogP contribution < -0.4 is 10.5 Å². The number of aromatic amines is 1. The number of hydrogen-bond donors (Lipinski definition) is 2. The van der Waals surface area contributed by atoms with E-state index in [9.17, 15) is 4.39 Å². The number of benzene rings is 1. The van der Waals surface area contributed by atoms with Gasteiger partial charge in [0.1, 0.15) is 17.4 Å². The van der Waals surface area contributed by atoms with Crippen molar-refractivity contribution in [3.8, 4) is 17.0 Å². The molecule has 0 saturated heterocycles. The summed E-state index contributed by atoms with van der Waals surface area (Å²) >= 11 is 0. The highest BCUT2D eigenvalue weighted by Crippen LogP contribution is 2.32. The van der Waals surface area contributed by atoms with E-state index in [0.717, 1.165) is 6.42 Å². The molecule has 2 atom stereocenters. The van der Waals surface area contributed by atoms with Gasteiger partial charge in [0.15, 0.2) is 0 Å². The lowest BCUT2D eigenvalue weighted by Gasteiger charge is -2.15. The fourth-order valence-electron chi connectivity index (χ4n) is 2.09. The van der Waals surface area contributed by atoms with Crippen LogP contribution in [0.2, 0.25) is 0 Å². The number of aromatic nitrogens is 2. The molecule has 0 fully saturated rings. The summed E-state index contributed by atoms with van der Waals surface area (Å²) in [6, 6.07) is 4.53. The van der Waals surface area contributed by atoms with E-state index in [1.807, 2.05) is 0 Å². The molecule has 2 rings (SSSR count). The number of nitrogens with zero attached hydrogens (tertiary/aromatic N) is 1. The zero-order valence-corrected chi connectivity index (χ0v) is 12.0. The summed E-state index contributed by atoms with van der Waals surface area (Å²) in [4.78, 5) is 7.38. The molecule has 0 aliphatic heterocycles. The average Bonchev–Trinajstić information content (AvgIpc) is 2.94. The van der Waals surface area contributed by atoms with E-state index in [0.29, 0.717) is 28.7 Å². The average molecular weight is 277 g/mol. The van der Waals surface area contributed by atoms with Crippen LogP contribution in [0.5, 0.6) is 5.75 Å². The number of imidazole rings is 1. The third kappa shape index (κ3) is 2.67. The van der Waals surface area contributed by atoms with Crippen LogP contribution in [0.4, 0.5) is 4.39 Å². The third-order valence-electron chi connectivity index (χ3n) is 3.63. The minimum absolute atomic E-state index is 0.188. The molecule has 0 amide bonds. The maximum absolute atomic E-state index is 14.0. The van der Waals surface area contributed by atoms with Crippen LogP contribution in [0.3, 0.4) is 0 Å². The molecule has 0 aliphatic carbocycles. The molecular weight excluding hydrogens is 257 g/mol. The number of nitrogens with one attached hydrogen (secondary N) is 1. The summed E-state index contributed by atoms with van der Waals surface area (Å²) in [5.74, 6) is 1.09. The molecule has 0 saturated carbocycles. The summed E-state index contributed by atoms with van der Waals surface area (Å²) in [6.07, 6.45) is 2.55. The Labute approximate surface area is 118 Å². The monoisotopic (exact) mass is 277 g/mol. The van der Waals surface area contributed by atoms with Gasteiger partial charge in [-0.2, -0.15) is 0 Å². The maximum Gasteiger partial charge on any atom is 0.136 e. The van der Waals surface area contributed by atoms with Crippen molar-refractivity contribution < 1.29 is 9.13 Å². The molecule has 2 unspecified atom stereocenters. The molecule has 0 spiro atoms. The molecule has 5 heteroatoms. The van der Waals surface area contributed by atoms with E-state index >= 15 is 0 Å². The van der Waals surface area contributed by atoms with Gasteiger partial charge in [0.25, 0.3) is 0 Å². The van der Waals surface area contributed by atoms with Crippen molar-refractivity contribution in [3.63, 3.8) is 0 Å². The lowest BCUT2D eigenvalue weighted by atomic mass is 10.00. The van der Waals surface area contributed by atoms with Gasteiger partial charge in [0.05, 0.1) is 30.6 Å². The molecule has 2 aromatic rings. The van der Waals surface area contributed by atoms with Crippen LogP contribution >= 0.6 is 0 Å². The predicted molar refractivity (Wildman–Crippen MR) is 76.9 cm³/mol. The van der Waals surface area contributed by atoms with Crippen LogP contribution in [-0.4, -0.2) is 17.1 Å². The molecular formula is C15H20FN3O. The standard InChI is InChI=1S/C15H20FN3O/c1-4-9(2)14(17)15-18-8-11(19-15)13-10(16)6-5-7-12(13)20-3/h5-9,14H,4,17H2,1-3H3,(H,18,19). The molecule has 4 nitrogen and oxygen atoms in total. The Hall–Kier alpha value is -1.88. The zero-order chi connectivity index (χ0) is 14.7. The number of halogens is 1. The second-order valence-electron chi connectivity index (χ2n) is 4.91. The molecule has 20 heavy (non-hydrogen) atoms. The Balaban J connectivity index is 2.39. The van der Waals surface area contributed by atoms with E-state index in [1.165, 1.54) is 13.2 Å². The van der Waals surface area contributed by atoms with Gasteiger partial charge in [-0.15, -0.1) is 0 Å². The Bertz CT molecular complexity index is 582. The van der Waals surface area contributed by atoms with Crippen LogP contribution in [0, 0.1) is 11.7 Å². The normalized spacial score (nSPS) is 14.1. The van der Waals surface area contributed by atoms with Crippen LogP contribution in [0.15, 0.2) is 24.4 Å². The van der Waals surface area contributed by atoms with Gasteiger partial charge in [-0.1, -0.05) is 26.3 Å². The summed E-state index contributed by atoms with van der Waals surface area (Å²) in [5, 5.41) is 0. The van der Waals surface area contributed by atoms with Crippen molar-refractivity contribution in [1.29, 1.82) is 0 Å². The highest BCUT2D eigenvalue weighted by molar-refractivity contribution is 5.67. The Kier molecular flexibility index (Phi) is 4.39. The molecule has 1 heterocycles. The number of methoxy groups -OCH3 is 1. The van der Waals surface area contributed by atoms with Crippen molar-refractivity contribution in [2.45, 2.75) is 26.3 Å². The molecule has 0 radical (unpaired) electrons. The van der Waals surface area contributed by atoms with Gasteiger partial charge >= 0.3 is 0 Å². The Morgan fingerprint density at radius 1 is 1.45 bits per heavy atom. The van der Waals surface area contributed by atoms with Gasteiger partial charge in [-0.05, 0) is 18.1 Å². The second-order valence-corrected chi connectivity index (χ2v) is 4.91. The summed E-state index contributed by atoms with van der Waals surface area (Å²) in [6.45, 7) is 4.14. The number of H-pyrrole nitrogens is 1. The fraction of sp³-hybridized carbons (Fsp3) is 0.400. The number of ether oxygens (including phenoxy) is 1. The van der Waals surface area contributed by atoms with Crippen LogP contribution in [0.1, 0.15) is 32.1 Å². The first-order valence-electron chi connectivity index (χ1n) is 6.71. The molecule has 1 aromatic heterocycles. The lowest BCUT2D eigenvalue weighted by Crippen LogP contribution is -2.19. The lowest BCUT2D eigenvalue weighted by molar-refractivity contribution is 0.413. The quantitative estimate of drug-likeness (QED) is 0.881. The molecule has 3 N–H and O–H groups in total. The summed E-state index contributed by atoms with van der Waals surface area (Å²) in [5.41, 5.74) is 7.09. The number of rotatable bonds is 5. The molecule has 108 valence electrons. The molecule has 0 bridgehead atoms. The number of nitrogens with two attached hydrogens (primary N) is 1. The summed E-state index contributed by atoms with van der Waals surface area (Å²) < 4.78 is 19.2. The van der Waals surface area contributed by atoms with Gasteiger partial charge in [-0.3, -0.25) is 0 Å². The minimum Gasteiger partial charge on any atom is -0.496 e. The van der Waals surface area contributed by atoms with Gasteiger partial charge in [-0.25, -0.2) is 9.37 Å². The first-order valence-corrected chi connectivity index (χ1v) is 6.71. The van der Waals surface area contributed by atoms with Gasteiger partial charge in [0.2, 0.25) is 0 Å². The largest absolute Gasteiger partial charge is 0.496 e.